The normalized spacial score (nSPS) is 12.0. The summed E-state index contributed by atoms with van der Waals surface area (Å²) in [6.45, 7) is 10.0. The zero-order valence-electron chi connectivity index (χ0n) is 9.25. The fourth-order valence-corrected chi connectivity index (χ4v) is 1.26. The Morgan fingerprint density at radius 2 is 2.00 bits per heavy atom. The molecule has 0 spiro atoms. The lowest BCUT2D eigenvalue weighted by Gasteiger charge is -2.13. The molecule has 0 fully saturated rings. The van der Waals surface area contributed by atoms with Gasteiger partial charge in [-0.15, -0.1) is 0 Å². The van der Waals surface area contributed by atoms with E-state index in [1.54, 1.807) is 0 Å². The van der Waals surface area contributed by atoms with Gasteiger partial charge in [-0.1, -0.05) is 13.3 Å². The summed E-state index contributed by atoms with van der Waals surface area (Å²) in [5.74, 6) is 0. The van der Waals surface area contributed by atoms with Crippen molar-refractivity contribution in [2.75, 3.05) is 0 Å². The number of nitrogens with zero attached hydrogens (tertiary/aromatic N) is 2. The molecule has 0 bridgehead atoms. The molecule has 2 nitrogen and oxygen atoms in total. The average molecular weight is 181 g/mol. The predicted octanol–water partition coefficient (Wildman–Crippen LogP) is 2.33. The molecule has 0 saturated carbocycles. The van der Waals surface area contributed by atoms with Crippen LogP contribution in [-0.2, 0) is 12.1 Å². The minimum absolute atomic E-state index is 0.206. The van der Waals surface area contributed by atoms with Gasteiger partial charge in [-0.3, -0.25) is 0 Å². The van der Waals surface area contributed by atoms with Gasteiger partial charge in [0, 0.05) is 0 Å². The van der Waals surface area contributed by atoms with E-state index in [4.69, 9.17) is 0 Å². The second-order valence-electron chi connectivity index (χ2n) is 4.58. The molecular weight excluding hydrogens is 160 g/mol. The molecule has 1 heterocycles. The van der Waals surface area contributed by atoms with Crippen LogP contribution in [0.2, 0.25) is 0 Å². The molecule has 0 aliphatic heterocycles. The van der Waals surface area contributed by atoms with E-state index in [1.807, 2.05) is 0 Å². The van der Waals surface area contributed by atoms with Crippen LogP contribution in [0.1, 0.15) is 40.5 Å². The van der Waals surface area contributed by atoms with Crippen LogP contribution in [0, 0.1) is 0 Å². The molecule has 0 radical (unpaired) electrons. The molecular formula is C11H21N2+. The van der Waals surface area contributed by atoms with E-state index in [0.29, 0.717) is 0 Å². The fourth-order valence-electron chi connectivity index (χ4n) is 1.26. The molecule has 74 valence electrons. The molecule has 0 saturated heterocycles. The van der Waals surface area contributed by atoms with Crippen molar-refractivity contribution in [1.82, 2.24) is 4.57 Å². The minimum atomic E-state index is 0.206. The molecule has 13 heavy (non-hydrogen) atoms. The molecule has 2 heteroatoms. The summed E-state index contributed by atoms with van der Waals surface area (Å²) in [7, 11) is 0. The van der Waals surface area contributed by atoms with E-state index in [2.05, 4.69) is 55.6 Å². The largest absolute Gasteiger partial charge is 0.244 e. The van der Waals surface area contributed by atoms with Gasteiger partial charge in [-0.05, 0) is 27.2 Å². The Morgan fingerprint density at radius 1 is 1.31 bits per heavy atom. The van der Waals surface area contributed by atoms with Crippen molar-refractivity contribution in [3.05, 3.63) is 18.7 Å². The third kappa shape index (κ3) is 2.87. The zero-order valence-corrected chi connectivity index (χ0v) is 9.25. The molecule has 0 atom stereocenters. The highest BCUT2D eigenvalue weighted by atomic mass is 15.1. The third-order valence-electron chi connectivity index (χ3n) is 2.24. The smallest absolute Gasteiger partial charge is 0.237 e. The first-order chi connectivity index (χ1) is 6.04. The van der Waals surface area contributed by atoms with Crippen molar-refractivity contribution in [2.45, 2.75) is 52.6 Å². The van der Waals surface area contributed by atoms with Gasteiger partial charge in [0.15, 0.2) is 0 Å². The highest BCUT2D eigenvalue weighted by Gasteiger charge is 2.18. The summed E-state index contributed by atoms with van der Waals surface area (Å²) in [5, 5.41) is 0. The first-order valence-corrected chi connectivity index (χ1v) is 5.11. The Balaban J connectivity index is 2.64. The van der Waals surface area contributed by atoms with Crippen molar-refractivity contribution in [3.63, 3.8) is 0 Å². The number of aromatic nitrogens is 2. The summed E-state index contributed by atoms with van der Waals surface area (Å²) >= 11 is 0. The highest BCUT2D eigenvalue weighted by Crippen LogP contribution is 2.11. The van der Waals surface area contributed by atoms with Gasteiger partial charge in [-0.25, -0.2) is 9.13 Å². The molecule has 0 unspecified atom stereocenters. The van der Waals surface area contributed by atoms with E-state index in [-0.39, 0.29) is 5.54 Å². The van der Waals surface area contributed by atoms with Gasteiger partial charge in [-0.2, -0.15) is 0 Å². The Morgan fingerprint density at radius 3 is 2.46 bits per heavy atom. The van der Waals surface area contributed by atoms with Gasteiger partial charge < -0.3 is 0 Å². The molecule has 1 aromatic heterocycles. The van der Waals surface area contributed by atoms with Gasteiger partial charge in [0.05, 0.1) is 6.54 Å². The van der Waals surface area contributed by atoms with Crippen molar-refractivity contribution in [2.24, 2.45) is 0 Å². The number of rotatable bonds is 3. The van der Waals surface area contributed by atoms with Gasteiger partial charge in [0.1, 0.15) is 17.9 Å². The van der Waals surface area contributed by atoms with Crippen LogP contribution >= 0.6 is 0 Å². The summed E-state index contributed by atoms with van der Waals surface area (Å²) in [6, 6.07) is 0. The quantitative estimate of drug-likeness (QED) is 0.633. The van der Waals surface area contributed by atoms with Gasteiger partial charge in [0.25, 0.3) is 0 Å². The fraction of sp³-hybridized carbons (Fsp3) is 0.727. The number of hydrogen-bond acceptors (Lipinski definition) is 0. The Bertz CT molecular complexity index is 255. The Kier molecular flexibility index (Phi) is 3.12. The van der Waals surface area contributed by atoms with Crippen LogP contribution in [0.5, 0.6) is 0 Å². The maximum atomic E-state index is 2.26. The molecule has 0 aliphatic carbocycles. The highest BCUT2D eigenvalue weighted by molar-refractivity contribution is 4.78. The molecule has 1 aromatic rings. The third-order valence-corrected chi connectivity index (χ3v) is 2.24. The maximum absolute atomic E-state index is 2.26. The van der Waals surface area contributed by atoms with E-state index < -0.39 is 0 Å². The lowest BCUT2D eigenvalue weighted by Crippen LogP contribution is -2.32. The predicted molar refractivity (Wildman–Crippen MR) is 54.5 cm³/mol. The van der Waals surface area contributed by atoms with E-state index in [1.165, 1.54) is 12.8 Å². The van der Waals surface area contributed by atoms with Crippen molar-refractivity contribution in [3.8, 4) is 0 Å². The second kappa shape index (κ2) is 3.95. The average Bonchev–Trinajstić information content (AvgIpc) is 2.47. The minimum Gasteiger partial charge on any atom is -0.237 e. The molecule has 1 rings (SSSR count). The van der Waals surface area contributed by atoms with Crippen LogP contribution in [0.25, 0.3) is 0 Å². The topological polar surface area (TPSA) is 8.81 Å². The molecule has 0 amide bonds. The summed E-state index contributed by atoms with van der Waals surface area (Å²) in [6.07, 6.45) is 9.01. The van der Waals surface area contributed by atoms with E-state index in [0.717, 1.165) is 6.54 Å². The standard InChI is InChI=1S/C11H21N2/c1-5-6-7-12-8-9-13(10-12)11(2,3)4/h8-10H,5-7H2,1-4H3/q+1. The Labute approximate surface area is 81.2 Å². The summed E-state index contributed by atoms with van der Waals surface area (Å²) < 4.78 is 4.51. The summed E-state index contributed by atoms with van der Waals surface area (Å²) in [5.41, 5.74) is 0.206. The molecule has 0 aromatic carbocycles. The number of imidazole rings is 1. The van der Waals surface area contributed by atoms with Gasteiger partial charge >= 0.3 is 0 Å². The SMILES string of the molecule is CCCC[n+]1ccn(C(C)(C)C)c1. The van der Waals surface area contributed by atoms with Crippen molar-refractivity contribution >= 4 is 0 Å². The maximum Gasteiger partial charge on any atom is 0.244 e. The van der Waals surface area contributed by atoms with Crippen LogP contribution in [0.15, 0.2) is 18.7 Å². The zero-order chi connectivity index (χ0) is 9.90. The first-order valence-electron chi connectivity index (χ1n) is 5.11. The van der Waals surface area contributed by atoms with Gasteiger partial charge in [0.2, 0.25) is 6.33 Å². The van der Waals surface area contributed by atoms with Crippen LogP contribution < -0.4 is 4.57 Å². The molecule has 0 aliphatic rings. The first kappa shape index (κ1) is 10.3. The van der Waals surface area contributed by atoms with E-state index >= 15 is 0 Å². The number of unbranched alkanes of at least 4 members (excludes halogenated alkanes) is 1. The Hall–Kier alpha value is -0.790. The van der Waals surface area contributed by atoms with Crippen LogP contribution in [-0.4, -0.2) is 4.57 Å². The lowest BCUT2D eigenvalue weighted by atomic mass is 10.1. The molecule has 0 N–H and O–H groups in total. The van der Waals surface area contributed by atoms with Crippen molar-refractivity contribution in [1.29, 1.82) is 0 Å². The number of hydrogen-bond donors (Lipinski definition) is 0. The van der Waals surface area contributed by atoms with E-state index in [9.17, 15) is 0 Å². The van der Waals surface area contributed by atoms with Crippen LogP contribution in [0.4, 0.5) is 0 Å². The lowest BCUT2D eigenvalue weighted by molar-refractivity contribution is -0.697. The van der Waals surface area contributed by atoms with Crippen LogP contribution in [0.3, 0.4) is 0 Å². The second-order valence-corrected chi connectivity index (χ2v) is 4.58. The monoisotopic (exact) mass is 181 g/mol. The summed E-state index contributed by atoms with van der Waals surface area (Å²) in [4.78, 5) is 0. The number of aryl methyl sites for hydroxylation is 1. The van der Waals surface area contributed by atoms with Crippen molar-refractivity contribution < 1.29 is 4.57 Å².